The highest BCUT2D eigenvalue weighted by Gasteiger charge is 2.39. The van der Waals surface area contributed by atoms with Gasteiger partial charge in [-0.15, -0.1) is 10.2 Å². The van der Waals surface area contributed by atoms with E-state index in [0.29, 0.717) is 23.2 Å². The highest BCUT2D eigenvalue weighted by Crippen LogP contribution is 2.32. The Morgan fingerprint density at radius 3 is 2.44 bits per heavy atom. The van der Waals surface area contributed by atoms with Gasteiger partial charge in [-0.2, -0.15) is 0 Å². The Kier molecular flexibility index (Phi) is 4.41. The topological polar surface area (TPSA) is 74.2 Å². The first-order valence-electron chi connectivity index (χ1n) is 8.58. The summed E-state index contributed by atoms with van der Waals surface area (Å²) in [4.78, 5) is 6.58. The molecule has 0 amide bonds. The van der Waals surface area contributed by atoms with Crippen molar-refractivity contribution in [3.05, 3.63) is 30.5 Å². The maximum Gasteiger partial charge on any atom is 0.245 e. The van der Waals surface area contributed by atoms with Crippen LogP contribution in [0.25, 0.3) is 11.3 Å². The molecule has 0 bridgehead atoms. The van der Waals surface area contributed by atoms with Gasteiger partial charge in [0.25, 0.3) is 0 Å². The molecular formula is C19H26N5O. The van der Waals surface area contributed by atoms with Gasteiger partial charge in [-0.3, -0.25) is 0 Å². The number of phenolic OH excluding ortho intramolecular Hbond substituents is 1. The van der Waals surface area contributed by atoms with Crippen LogP contribution in [-0.4, -0.2) is 44.5 Å². The van der Waals surface area contributed by atoms with Gasteiger partial charge in [0.15, 0.2) is 0 Å². The van der Waals surface area contributed by atoms with Gasteiger partial charge in [-0.1, -0.05) is 6.07 Å². The molecule has 1 aliphatic heterocycles. The van der Waals surface area contributed by atoms with E-state index in [1.54, 1.807) is 24.4 Å². The smallest absolute Gasteiger partial charge is 0.245 e. The summed E-state index contributed by atoms with van der Waals surface area (Å²) in [5.74, 6) is 0.749. The predicted molar refractivity (Wildman–Crippen MR) is 98.5 cm³/mol. The second-order valence-electron chi connectivity index (χ2n) is 8.15. The molecule has 1 radical (unpaired) electrons. The van der Waals surface area contributed by atoms with Crippen molar-refractivity contribution in [2.24, 2.45) is 0 Å². The fourth-order valence-electron chi connectivity index (χ4n) is 3.89. The fourth-order valence-corrected chi connectivity index (χ4v) is 3.89. The lowest BCUT2D eigenvalue weighted by Crippen LogP contribution is -2.62. The van der Waals surface area contributed by atoms with Gasteiger partial charge in [-0.05, 0) is 58.7 Å². The molecule has 25 heavy (non-hydrogen) atoms. The Balaban J connectivity index is 1.81. The lowest BCUT2D eigenvalue weighted by atomic mass is 9.79. The SMILES string of the molecule is CN(c1ncc(-c2c[c]ccc2O)nn1)C1CC(C)(C)NC(C)(C)C1. The molecule has 0 aliphatic carbocycles. The monoisotopic (exact) mass is 340 g/mol. The molecule has 3 rings (SSSR count). The second kappa shape index (κ2) is 6.26. The summed E-state index contributed by atoms with van der Waals surface area (Å²) >= 11 is 0. The molecule has 0 saturated carbocycles. The third-order valence-electron chi connectivity index (χ3n) is 4.70. The molecule has 2 aromatic rings. The third kappa shape index (κ3) is 3.90. The third-order valence-corrected chi connectivity index (χ3v) is 4.70. The highest BCUT2D eigenvalue weighted by atomic mass is 16.3. The van der Waals surface area contributed by atoms with Crippen LogP contribution in [0.15, 0.2) is 24.4 Å². The van der Waals surface area contributed by atoms with Crippen LogP contribution >= 0.6 is 0 Å². The van der Waals surface area contributed by atoms with Gasteiger partial charge >= 0.3 is 0 Å². The second-order valence-corrected chi connectivity index (χ2v) is 8.15. The standard InChI is InChI=1S/C19H26N5O/c1-18(2)10-13(11-19(3,4)23-18)24(5)17-20-12-15(21-22-17)14-8-6-7-9-16(14)25/h7-9,12-13,23,25H,10-11H2,1-5H3. The number of hydrogen-bond donors (Lipinski definition) is 2. The number of rotatable bonds is 3. The molecule has 6 nitrogen and oxygen atoms in total. The zero-order chi connectivity index (χ0) is 18.2. The van der Waals surface area contributed by atoms with E-state index in [4.69, 9.17) is 0 Å². The van der Waals surface area contributed by atoms with Crippen molar-refractivity contribution in [2.45, 2.75) is 57.7 Å². The van der Waals surface area contributed by atoms with Gasteiger partial charge in [0.2, 0.25) is 5.95 Å². The van der Waals surface area contributed by atoms with E-state index in [0.717, 1.165) is 12.8 Å². The van der Waals surface area contributed by atoms with Crippen LogP contribution in [0.2, 0.25) is 0 Å². The zero-order valence-electron chi connectivity index (χ0n) is 15.5. The molecule has 2 N–H and O–H groups in total. The Labute approximate surface area is 149 Å². The number of aromatic nitrogens is 3. The molecule has 1 aromatic heterocycles. The molecule has 1 aliphatic rings. The lowest BCUT2D eigenvalue weighted by Gasteiger charge is -2.48. The van der Waals surface area contributed by atoms with Crippen molar-refractivity contribution >= 4 is 5.95 Å². The summed E-state index contributed by atoms with van der Waals surface area (Å²) in [6.07, 6.45) is 3.66. The molecule has 0 atom stereocenters. The van der Waals surface area contributed by atoms with Crippen LogP contribution in [0.4, 0.5) is 5.95 Å². The van der Waals surface area contributed by atoms with Crippen LogP contribution in [0, 0.1) is 6.07 Å². The van der Waals surface area contributed by atoms with Crippen LogP contribution in [0.5, 0.6) is 5.75 Å². The van der Waals surface area contributed by atoms with Crippen molar-refractivity contribution in [3.63, 3.8) is 0 Å². The van der Waals surface area contributed by atoms with E-state index in [-0.39, 0.29) is 16.8 Å². The average Bonchev–Trinajstić information content (AvgIpc) is 2.52. The van der Waals surface area contributed by atoms with Gasteiger partial charge in [0, 0.05) is 29.7 Å². The van der Waals surface area contributed by atoms with Crippen LogP contribution in [0.1, 0.15) is 40.5 Å². The van der Waals surface area contributed by atoms with Crippen molar-refractivity contribution < 1.29 is 5.11 Å². The molecule has 6 heteroatoms. The summed E-state index contributed by atoms with van der Waals surface area (Å²) in [6, 6.07) is 8.18. The summed E-state index contributed by atoms with van der Waals surface area (Å²) in [6.45, 7) is 8.91. The van der Waals surface area contributed by atoms with Crippen molar-refractivity contribution in [2.75, 3.05) is 11.9 Å². The van der Waals surface area contributed by atoms with Crippen LogP contribution in [-0.2, 0) is 0 Å². The van der Waals surface area contributed by atoms with Crippen molar-refractivity contribution in [3.8, 4) is 17.0 Å². The number of piperidine rings is 1. The van der Waals surface area contributed by atoms with E-state index >= 15 is 0 Å². The molecule has 0 unspecified atom stereocenters. The van der Waals surface area contributed by atoms with Gasteiger partial charge in [0.1, 0.15) is 11.4 Å². The summed E-state index contributed by atoms with van der Waals surface area (Å²) < 4.78 is 0. The van der Waals surface area contributed by atoms with E-state index in [2.05, 4.69) is 59.2 Å². The van der Waals surface area contributed by atoms with Crippen molar-refractivity contribution in [1.29, 1.82) is 0 Å². The maximum absolute atomic E-state index is 9.93. The summed E-state index contributed by atoms with van der Waals surface area (Å²) in [7, 11) is 2.02. The van der Waals surface area contributed by atoms with Gasteiger partial charge in [0.05, 0.1) is 6.20 Å². The molecule has 1 aromatic carbocycles. The van der Waals surface area contributed by atoms with E-state index in [1.165, 1.54) is 0 Å². The van der Waals surface area contributed by atoms with Crippen LogP contribution in [0.3, 0.4) is 0 Å². The Morgan fingerprint density at radius 2 is 1.88 bits per heavy atom. The minimum Gasteiger partial charge on any atom is -0.507 e. The van der Waals surface area contributed by atoms with Crippen LogP contribution < -0.4 is 10.2 Å². The number of nitrogens with one attached hydrogen (secondary N) is 1. The first-order valence-corrected chi connectivity index (χ1v) is 8.58. The number of nitrogens with zero attached hydrogens (tertiary/aromatic N) is 4. The minimum absolute atomic E-state index is 0.0553. The zero-order valence-corrected chi connectivity index (χ0v) is 15.5. The van der Waals surface area contributed by atoms with E-state index in [1.807, 2.05) is 7.05 Å². The molecule has 1 fully saturated rings. The number of phenols is 1. The van der Waals surface area contributed by atoms with Crippen molar-refractivity contribution in [1.82, 2.24) is 20.5 Å². The first-order chi connectivity index (χ1) is 11.7. The first kappa shape index (κ1) is 17.6. The molecule has 0 spiro atoms. The minimum atomic E-state index is 0.0553. The maximum atomic E-state index is 9.93. The predicted octanol–water partition coefficient (Wildman–Crippen LogP) is 2.79. The Morgan fingerprint density at radius 1 is 1.20 bits per heavy atom. The van der Waals surface area contributed by atoms with Gasteiger partial charge < -0.3 is 15.3 Å². The van der Waals surface area contributed by atoms with Gasteiger partial charge in [-0.25, -0.2) is 4.98 Å². The van der Waals surface area contributed by atoms with E-state index in [9.17, 15) is 5.11 Å². The lowest BCUT2D eigenvalue weighted by molar-refractivity contribution is 0.160. The summed E-state index contributed by atoms with van der Waals surface area (Å²) in [5, 5.41) is 22.2. The Bertz CT molecular complexity index is 726. The Hall–Kier alpha value is -2.21. The number of aromatic hydroxyl groups is 1. The average molecular weight is 340 g/mol. The van der Waals surface area contributed by atoms with E-state index < -0.39 is 0 Å². The molecule has 2 heterocycles. The number of anilines is 1. The largest absolute Gasteiger partial charge is 0.507 e. The molecule has 1 saturated heterocycles. The molecule has 133 valence electrons. The molecular weight excluding hydrogens is 314 g/mol. The highest BCUT2D eigenvalue weighted by molar-refractivity contribution is 5.65. The fraction of sp³-hybridized carbons (Fsp3) is 0.526. The summed E-state index contributed by atoms with van der Waals surface area (Å²) in [5.41, 5.74) is 1.23. The quantitative estimate of drug-likeness (QED) is 0.895. The normalized spacial score (nSPS) is 19.6. The number of benzene rings is 1. The number of hydrogen-bond acceptors (Lipinski definition) is 6.